The van der Waals surface area contributed by atoms with E-state index in [2.05, 4.69) is 12.1 Å². The molecule has 0 aliphatic rings. The van der Waals surface area contributed by atoms with Gasteiger partial charge in [0, 0.05) is 12.7 Å². The molecule has 2 rings (SSSR count). The Morgan fingerprint density at radius 2 is 1.84 bits per heavy atom. The third kappa shape index (κ3) is 3.37. The van der Waals surface area contributed by atoms with Crippen molar-refractivity contribution in [1.29, 1.82) is 10.5 Å². The van der Waals surface area contributed by atoms with E-state index < -0.39 is 0 Å². The number of hydrogen-bond donors (Lipinski definition) is 0. The number of benzene rings is 1. The Morgan fingerprint density at radius 3 is 2.53 bits per heavy atom. The smallest absolute Gasteiger partial charge is 0.120 e. The summed E-state index contributed by atoms with van der Waals surface area (Å²) in [5.74, 6) is 0.756. The molecule has 0 atom stereocenters. The van der Waals surface area contributed by atoms with Crippen LogP contribution in [-0.4, -0.2) is 11.2 Å². The quantitative estimate of drug-likeness (QED) is 0.767. The second-order valence-electron chi connectivity index (χ2n) is 4.04. The van der Waals surface area contributed by atoms with E-state index in [1.807, 2.05) is 16.8 Å². The van der Waals surface area contributed by atoms with Gasteiger partial charge in [0.2, 0.25) is 0 Å². The van der Waals surface area contributed by atoms with Crippen molar-refractivity contribution in [2.24, 2.45) is 0 Å². The predicted molar refractivity (Wildman–Crippen MR) is 70.4 cm³/mol. The molecule has 0 saturated heterocycles. The molecule has 1 aromatic heterocycles. The first kappa shape index (κ1) is 12.7. The number of nitriles is 2. The van der Waals surface area contributed by atoms with E-state index in [0.29, 0.717) is 17.9 Å². The molecule has 0 N–H and O–H groups in total. The molecule has 19 heavy (non-hydrogen) atoms. The topological polar surface area (TPSA) is 61.7 Å². The van der Waals surface area contributed by atoms with Gasteiger partial charge in [-0.3, -0.25) is 0 Å². The number of nitrogens with zero attached hydrogens (tertiary/aromatic N) is 3. The molecule has 0 radical (unpaired) electrons. The van der Waals surface area contributed by atoms with Crippen LogP contribution in [0.4, 0.5) is 0 Å². The monoisotopic (exact) mass is 251 g/mol. The fraction of sp³-hybridized carbons (Fsp3) is 0.200. The van der Waals surface area contributed by atoms with Crippen molar-refractivity contribution in [3.8, 4) is 17.9 Å². The van der Waals surface area contributed by atoms with Crippen molar-refractivity contribution in [3.05, 3.63) is 53.9 Å². The zero-order chi connectivity index (χ0) is 13.5. The van der Waals surface area contributed by atoms with Gasteiger partial charge >= 0.3 is 0 Å². The minimum absolute atomic E-state index is 0.578. The highest BCUT2D eigenvalue weighted by atomic mass is 16.5. The summed E-state index contributed by atoms with van der Waals surface area (Å²) in [7, 11) is 0. The second kappa shape index (κ2) is 6.28. The molecule has 1 aromatic carbocycles. The Bertz CT molecular complexity index is 614. The lowest BCUT2D eigenvalue weighted by atomic mass is 10.2. The van der Waals surface area contributed by atoms with Crippen LogP contribution >= 0.6 is 0 Å². The molecule has 4 nitrogen and oxygen atoms in total. The summed E-state index contributed by atoms with van der Waals surface area (Å²) in [6.45, 7) is 1.33. The van der Waals surface area contributed by atoms with Crippen LogP contribution < -0.4 is 4.74 Å². The summed E-state index contributed by atoms with van der Waals surface area (Å²) in [6.07, 6.45) is 2.71. The highest BCUT2D eigenvalue weighted by Gasteiger charge is 1.99. The van der Waals surface area contributed by atoms with Crippen molar-refractivity contribution < 1.29 is 4.74 Å². The fourth-order valence-corrected chi connectivity index (χ4v) is 1.76. The lowest BCUT2D eigenvalue weighted by molar-refractivity contribution is 0.301. The third-order valence-electron chi connectivity index (χ3n) is 2.74. The van der Waals surface area contributed by atoms with E-state index in [9.17, 15) is 0 Å². The van der Waals surface area contributed by atoms with Gasteiger partial charge in [0.05, 0.1) is 18.2 Å². The van der Waals surface area contributed by atoms with Crippen LogP contribution in [-0.2, 0) is 6.54 Å². The molecule has 94 valence electrons. The summed E-state index contributed by atoms with van der Waals surface area (Å²) in [6, 6.07) is 14.9. The van der Waals surface area contributed by atoms with Crippen LogP contribution in [0.5, 0.6) is 5.75 Å². The van der Waals surface area contributed by atoms with E-state index >= 15 is 0 Å². The lowest BCUT2D eigenvalue weighted by Crippen LogP contribution is -2.05. The molecule has 0 amide bonds. The van der Waals surface area contributed by atoms with Gasteiger partial charge in [0.1, 0.15) is 17.5 Å². The molecule has 0 fully saturated rings. The Labute approximate surface area is 112 Å². The first-order chi connectivity index (χ1) is 9.33. The Morgan fingerprint density at radius 1 is 1.05 bits per heavy atom. The van der Waals surface area contributed by atoms with Gasteiger partial charge in [-0.25, -0.2) is 0 Å². The van der Waals surface area contributed by atoms with Gasteiger partial charge in [-0.2, -0.15) is 10.5 Å². The minimum atomic E-state index is 0.578. The van der Waals surface area contributed by atoms with E-state index in [1.165, 1.54) is 0 Å². The second-order valence-corrected chi connectivity index (χ2v) is 4.04. The van der Waals surface area contributed by atoms with Crippen molar-refractivity contribution in [3.63, 3.8) is 0 Å². The van der Waals surface area contributed by atoms with Gasteiger partial charge in [-0.1, -0.05) is 0 Å². The molecule has 0 spiro atoms. The zero-order valence-electron chi connectivity index (χ0n) is 10.4. The number of hydrogen-bond acceptors (Lipinski definition) is 3. The van der Waals surface area contributed by atoms with E-state index in [-0.39, 0.29) is 0 Å². The number of aryl methyl sites for hydroxylation is 1. The van der Waals surface area contributed by atoms with Crippen molar-refractivity contribution in [1.82, 2.24) is 4.57 Å². The molecule has 0 saturated carbocycles. The molecule has 2 aromatic rings. The maximum atomic E-state index is 8.86. The van der Waals surface area contributed by atoms with Gasteiger partial charge in [-0.15, -0.1) is 0 Å². The fourth-order valence-electron chi connectivity index (χ4n) is 1.76. The number of rotatable bonds is 5. The Hall–Kier alpha value is -2.72. The average Bonchev–Trinajstić information content (AvgIpc) is 2.91. The van der Waals surface area contributed by atoms with Crippen LogP contribution in [0, 0.1) is 22.7 Å². The third-order valence-corrected chi connectivity index (χ3v) is 2.74. The zero-order valence-corrected chi connectivity index (χ0v) is 10.4. The Kier molecular flexibility index (Phi) is 4.21. The average molecular weight is 251 g/mol. The summed E-state index contributed by atoms with van der Waals surface area (Å²) < 4.78 is 7.48. The van der Waals surface area contributed by atoms with Crippen LogP contribution in [0.3, 0.4) is 0 Å². The van der Waals surface area contributed by atoms with Gasteiger partial charge < -0.3 is 9.30 Å². The van der Waals surface area contributed by atoms with Crippen molar-refractivity contribution >= 4 is 0 Å². The first-order valence-electron chi connectivity index (χ1n) is 6.01. The maximum absolute atomic E-state index is 8.86. The van der Waals surface area contributed by atoms with Crippen LogP contribution in [0.25, 0.3) is 0 Å². The molecule has 1 heterocycles. The van der Waals surface area contributed by atoms with Crippen LogP contribution in [0.1, 0.15) is 17.7 Å². The largest absolute Gasteiger partial charge is 0.494 e. The van der Waals surface area contributed by atoms with Crippen molar-refractivity contribution in [2.75, 3.05) is 6.61 Å². The highest BCUT2D eigenvalue weighted by Crippen LogP contribution is 2.12. The van der Waals surface area contributed by atoms with Crippen molar-refractivity contribution in [2.45, 2.75) is 13.0 Å². The normalized spacial score (nSPS) is 9.58. The van der Waals surface area contributed by atoms with Crippen LogP contribution in [0.2, 0.25) is 0 Å². The van der Waals surface area contributed by atoms with Gasteiger partial charge in [0.25, 0.3) is 0 Å². The van der Waals surface area contributed by atoms with E-state index in [0.717, 1.165) is 18.7 Å². The molecular formula is C15H13N3O. The van der Waals surface area contributed by atoms with Crippen LogP contribution in [0.15, 0.2) is 42.6 Å². The molecular weight excluding hydrogens is 238 g/mol. The number of ether oxygens (including phenoxy) is 1. The minimum Gasteiger partial charge on any atom is -0.494 e. The SMILES string of the molecule is N#Cc1ccc(OCCCn2cccc2C#N)cc1. The maximum Gasteiger partial charge on any atom is 0.120 e. The summed E-state index contributed by atoms with van der Waals surface area (Å²) in [5, 5.41) is 17.5. The molecule has 0 unspecified atom stereocenters. The van der Waals surface area contributed by atoms with E-state index in [1.54, 1.807) is 30.3 Å². The molecule has 0 aliphatic heterocycles. The Balaban J connectivity index is 1.78. The first-order valence-corrected chi connectivity index (χ1v) is 6.01. The number of aromatic nitrogens is 1. The molecule has 0 bridgehead atoms. The molecule has 4 heteroatoms. The summed E-state index contributed by atoms with van der Waals surface area (Å²) >= 11 is 0. The van der Waals surface area contributed by atoms with E-state index in [4.69, 9.17) is 15.3 Å². The molecule has 0 aliphatic carbocycles. The predicted octanol–water partition coefficient (Wildman–Crippen LogP) is 2.70. The lowest BCUT2D eigenvalue weighted by Gasteiger charge is -2.07. The summed E-state index contributed by atoms with van der Waals surface area (Å²) in [4.78, 5) is 0. The highest BCUT2D eigenvalue weighted by molar-refractivity contribution is 5.34. The van der Waals surface area contributed by atoms with Gasteiger partial charge in [0.15, 0.2) is 0 Å². The van der Waals surface area contributed by atoms with Gasteiger partial charge in [-0.05, 0) is 42.8 Å². The standard InChI is InChI=1S/C15H13N3O/c16-11-13-4-6-15(7-5-13)19-10-2-9-18-8-1-3-14(18)12-17/h1,3-8H,2,9-10H2. The summed E-state index contributed by atoms with van der Waals surface area (Å²) in [5.41, 5.74) is 1.29.